The van der Waals surface area contributed by atoms with Gasteiger partial charge in [0.2, 0.25) is 0 Å². The second-order valence-electron chi connectivity index (χ2n) is 1.82. The van der Waals surface area contributed by atoms with E-state index in [1.807, 2.05) is 0 Å². The Morgan fingerprint density at radius 1 is 1.50 bits per heavy atom. The molecule has 0 N–H and O–H groups in total. The monoisotopic (exact) mass is 156 g/mol. The molecule has 0 aliphatic rings. The zero-order valence-electron chi connectivity index (χ0n) is 5.34. The highest BCUT2D eigenvalue weighted by atomic mass is 35.5. The zero-order valence-corrected chi connectivity index (χ0v) is 6.09. The fourth-order valence-corrected chi connectivity index (χ4v) is 0.592. The summed E-state index contributed by atoms with van der Waals surface area (Å²) in [6.45, 7) is 1.79. The van der Waals surface area contributed by atoms with Crippen LogP contribution >= 0.6 is 11.6 Å². The highest BCUT2D eigenvalue weighted by molar-refractivity contribution is 6.67. The largest absolute Gasteiger partial charge is 0.274 e. The SMILES string of the molecule is Cc1cnc(C(=O)Cl)cn1. The fraction of sp³-hybridized carbons (Fsp3) is 0.167. The van der Waals surface area contributed by atoms with Crippen LogP contribution in [0.5, 0.6) is 0 Å². The van der Waals surface area contributed by atoms with E-state index in [2.05, 4.69) is 9.97 Å². The average molecular weight is 157 g/mol. The summed E-state index contributed by atoms with van der Waals surface area (Å²) in [6.07, 6.45) is 2.85. The van der Waals surface area contributed by atoms with E-state index in [0.717, 1.165) is 5.69 Å². The van der Waals surface area contributed by atoms with Crippen molar-refractivity contribution in [2.75, 3.05) is 0 Å². The molecule has 0 aliphatic heterocycles. The molecule has 3 nitrogen and oxygen atoms in total. The first-order valence-corrected chi connectivity index (χ1v) is 3.06. The van der Waals surface area contributed by atoms with Crippen molar-refractivity contribution >= 4 is 16.8 Å². The molecule has 0 spiro atoms. The molecule has 1 rings (SSSR count). The number of hydrogen-bond donors (Lipinski definition) is 0. The van der Waals surface area contributed by atoms with Crippen molar-refractivity contribution in [1.29, 1.82) is 0 Å². The van der Waals surface area contributed by atoms with Gasteiger partial charge >= 0.3 is 0 Å². The lowest BCUT2D eigenvalue weighted by molar-refractivity contribution is 0.107. The van der Waals surface area contributed by atoms with Crippen LogP contribution in [0.15, 0.2) is 12.4 Å². The molecule has 4 heteroatoms. The number of aryl methyl sites for hydroxylation is 1. The molecule has 0 aromatic carbocycles. The Morgan fingerprint density at radius 2 is 2.20 bits per heavy atom. The Bertz CT molecular complexity index is 244. The van der Waals surface area contributed by atoms with E-state index in [1.54, 1.807) is 6.92 Å². The van der Waals surface area contributed by atoms with Crippen LogP contribution in [-0.2, 0) is 0 Å². The van der Waals surface area contributed by atoms with Gasteiger partial charge in [0.25, 0.3) is 5.24 Å². The highest BCUT2D eigenvalue weighted by Crippen LogP contribution is 1.97. The zero-order chi connectivity index (χ0) is 7.56. The molecule has 0 aliphatic carbocycles. The molecular weight excluding hydrogens is 152 g/mol. The maximum absolute atomic E-state index is 10.4. The van der Waals surface area contributed by atoms with E-state index < -0.39 is 5.24 Å². The molecule has 1 heterocycles. The molecule has 10 heavy (non-hydrogen) atoms. The molecule has 0 amide bonds. The summed E-state index contributed by atoms with van der Waals surface area (Å²) in [5.74, 6) is 0. The number of hydrogen-bond acceptors (Lipinski definition) is 3. The molecule has 0 atom stereocenters. The lowest BCUT2D eigenvalue weighted by Gasteiger charge is -1.90. The predicted molar refractivity (Wildman–Crippen MR) is 37.0 cm³/mol. The maximum Gasteiger partial charge on any atom is 0.272 e. The van der Waals surface area contributed by atoms with Crippen LogP contribution in [0, 0.1) is 6.92 Å². The lowest BCUT2D eigenvalue weighted by Crippen LogP contribution is -1.95. The summed E-state index contributed by atoms with van der Waals surface area (Å²) in [5, 5.41) is -0.576. The van der Waals surface area contributed by atoms with Gasteiger partial charge in [0.15, 0.2) is 0 Å². The number of halogens is 1. The minimum atomic E-state index is -0.576. The number of aromatic nitrogens is 2. The van der Waals surface area contributed by atoms with E-state index in [0.29, 0.717) is 0 Å². The normalized spacial score (nSPS) is 9.40. The molecule has 1 aromatic rings. The molecule has 0 saturated carbocycles. The first kappa shape index (κ1) is 7.15. The minimum Gasteiger partial charge on any atom is -0.274 e. The summed E-state index contributed by atoms with van der Waals surface area (Å²) in [4.78, 5) is 18.0. The third-order valence-corrected chi connectivity index (χ3v) is 1.18. The molecule has 0 unspecified atom stereocenters. The third-order valence-electron chi connectivity index (χ3n) is 0.982. The quantitative estimate of drug-likeness (QED) is 0.573. The van der Waals surface area contributed by atoms with Crippen LogP contribution in [0.25, 0.3) is 0 Å². The van der Waals surface area contributed by atoms with Crippen LogP contribution in [0.3, 0.4) is 0 Å². The average Bonchev–Trinajstić information content (AvgIpc) is 1.88. The highest BCUT2D eigenvalue weighted by Gasteiger charge is 2.01. The number of nitrogens with zero attached hydrogens (tertiary/aromatic N) is 2. The van der Waals surface area contributed by atoms with Crippen LogP contribution in [0.1, 0.15) is 16.2 Å². The lowest BCUT2D eigenvalue weighted by atomic mass is 10.4. The van der Waals surface area contributed by atoms with Crippen LogP contribution < -0.4 is 0 Å². The Kier molecular flexibility index (Phi) is 1.97. The maximum atomic E-state index is 10.4. The minimum absolute atomic E-state index is 0.187. The standard InChI is InChI=1S/C6H5ClN2O/c1-4-2-9-5(3-8-4)6(7)10/h2-3H,1H3. The van der Waals surface area contributed by atoms with Crippen molar-refractivity contribution in [3.05, 3.63) is 23.8 Å². The van der Waals surface area contributed by atoms with Gasteiger partial charge in [-0.1, -0.05) is 0 Å². The van der Waals surface area contributed by atoms with Gasteiger partial charge in [0.05, 0.1) is 11.9 Å². The van der Waals surface area contributed by atoms with E-state index in [-0.39, 0.29) is 5.69 Å². The molecular formula is C6H5ClN2O. The Balaban J connectivity index is 3.00. The molecule has 1 aromatic heterocycles. The fourth-order valence-electron chi connectivity index (χ4n) is 0.494. The van der Waals surface area contributed by atoms with Crippen molar-refractivity contribution < 1.29 is 4.79 Å². The molecule has 0 radical (unpaired) electrons. The van der Waals surface area contributed by atoms with E-state index >= 15 is 0 Å². The van der Waals surface area contributed by atoms with Gasteiger partial charge in [0, 0.05) is 6.20 Å². The number of carbonyl (C=O) groups excluding carboxylic acids is 1. The van der Waals surface area contributed by atoms with Crippen molar-refractivity contribution in [1.82, 2.24) is 9.97 Å². The predicted octanol–water partition coefficient (Wildman–Crippen LogP) is 1.16. The van der Waals surface area contributed by atoms with Gasteiger partial charge in [-0.3, -0.25) is 9.78 Å². The van der Waals surface area contributed by atoms with Gasteiger partial charge in [0.1, 0.15) is 5.69 Å². The van der Waals surface area contributed by atoms with Gasteiger partial charge in [-0.25, -0.2) is 4.98 Å². The van der Waals surface area contributed by atoms with E-state index in [9.17, 15) is 4.79 Å². The Morgan fingerprint density at radius 3 is 2.60 bits per heavy atom. The molecule has 0 bridgehead atoms. The summed E-state index contributed by atoms with van der Waals surface area (Å²) in [6, 6.07) is 0. The number of carbonyl (C=O) groups is 1. The second-order valence-corrected chi connectivity index (χ2v) is 2.16. The third kappa shape index (κ3) is 1.51. The van der Waals surface area contributed by atoms with Gasteiger partial charge in [-0.05, 0) is 18.5 Å². The van der Waals surface area contributed by atoms with Gasteiger partial charge in [-0.15, -0.1) is 0 Å². The second kappa shape index (κ2) is 2.75. The molecule has 52 valence electrons. The number of rotatable bonds is 1. The van der Waals surface area contributed by atoms with Crippen molar-refractivity contribution in [3.8, 4) is 0 Å². The van der Waals surface area contributed by atoms with Crippen LogP contribution in [0.4, 0.5) is 0 Å². The Labute approximate surface area is 63.1 Å². The first-order valence-electron chi connectivity index (χ1n) is 2.68. The molecule has 0 fully saturated rings. The van der Waals surface area contributed by atoms with E-state index in [1.165, 1.54) is 12.4 Å². The van der Waals surface area contributed by atoms with Crippen LogP contribution in [-0.4, -0.2) is 15.2 Å². The van der Waals surface area contributed by atoms with Gasteiger partial charge in [-0.2, -0.15) is 0 Å². The van der Waals surface area contributed by atoms with Crippen molar-refractivity contribution in [3.63, 3.8) is 0 Å². The summed E-state index contributed by atoms with van der Waals surface area (Å²) < 4.78 is 0. The van der Waals surface area contributed by atoms with Crippen LogP contribution in [0.2, 0.25) is 0 Å². The summed E-state index contributed by atoms with van der Waals surface area (Å²) in [7, 11) is 0. The van der Waals surface area contributed by atoms with Crippen molar-refractivity contribution in [2.45, 2.75) is 6.92 Å². The Hall–Kier alpha value is -0.960. The first-order chi connectivity index (χ1) is 4.70. The molecule has 0 saturated heterocycles. The summed E-state index contributed by atoms with van der Waals surface area (Å²) in [5.41, 5.74) is 0.953. The van der Waals surface area contributed by atoms with Gasteiger partial charge < -0.3 is 0 Å². The summed E-state index contributed by atoms with van der Waals surface area (Å²) >= 11 is 5.11. The van der Waals surface area contributed by atoms with Crippen molar-refractivity contribution in [2.24, 2.45) is 0 Å². The topological polar surface area (TPSA) is 42.9 Å². The smallest absolute Gasteiger partial charge is 0.272 e. The van der Waals surface area contributed by atoms with E-state index in [4.69, 9.17) is 11.6 Å².